The van der Waals surface area contributed by atoms with Gasteiger partial charge in [-0.05, 0) is 39.5 Å². The van der Waals surface area contributed by atoms with E-state index in [1.165, 1.54) is 0 Å². The van der Waals surface area contributed by atoms with Crippen LogP contribution in [-0.4, -0.2) is 23.1 Å². The Morgan fingerprint density at radius 2 is 2.21 bits per heavy atom. The highest BCUT2D eigenvalue weighted by molar-refractivity contribution is 9.09. The predicted octanol–water partition coefficient (Wildman–Crippen LogP) is 2.68. The average Bonchev–Trinajstić information content (AvgIpc) is 2.63. The van der Waals surface area contributed by atoms with Crippen LogP contribution >= 0.6 is 15.9 Å². The first-order valence-corrected chi connectivity index (χ1v) is 6.10. The summed E-state index contributed by atoms with van der Waals surface area (Å²) in [6.45, 7) is 5.61. The summed E-state index contributed by atoms with van der Waals surface area (Å²) in [5.74, 6) is 0.641. The van der Waals surface area contributed by atoms with Crippen molar-refractivity contribution in [2.45, 2.75) is 45.3 Å². The van der Waals surface area contributed by atoms with Crippen molar-refractivity contribution in [3.05, 3.63) is 0 Å². The molecular weight excluding hydrogens is 246 g/mol. The molecule has 82 valence electrons. The van der Waals surface area contributed by atoms with Crippen LogP contribution in [0.25, 0.3) is 0 Å². The average molecular weight is 264 g/mol. The van der Waals surface area contributed by atoms with E-state index in [0.29, 0.717) is 12.0 Å². The number of nitrogens with one attached hydrogen (secondary N) is 1. The predicted molar refractivity (Wildman–Crippen MR) is 59.7 cm³/mol. The van der Waals surface area contributed by atoms with Gasteiger partial charge in [-0.15, -0.1) is 0 Å². The minimum absolute atomic E-state index is 0.292. The fraction of sp³-hybridized carbons (Fsp3) is 0.900. The van der Waals surface area contributed by atoms with Crippen molar-refractivity contribution in [1.29, 1.82) is 0 Å². The molecule has 1 N–H and O–H groups in total. The van der Waals surface area contributed by atoms with Crippen LogP contribution in [0, 0.1) is 5.92 Å². The summed E-state index contributed by atoms with van der Waals surface area (Å²) in [5, 5.41) is 3.87. The summed E-state index contributed by atoms with van der Waals surface area (Å²) in [4.78, 5) is 11.3. The highest BCUT2D eigenvalue weighted by atomic mass is 79.9. The Kier molecular flexibility index (Phi) is 3.81. The van der Waals surface area contributed by atoms with Crippen molar-refractivity contribution in [3.8, 4) is 0 Å². The zero-order valence-corrected chi connectivity index (χ0v) is 10.6. The first kappa shape index (κ1) is 11.8. The van der Waals surface area contributed by atoms with Gasteiger partial charge in [0.2, 0.25) is 0 Å². The van der Waals surface area contributed by atoms with E-state index >= 15 is 0 Å². The third kappa shape index (κ3) is 4.31. The Morgan fingerprint density at radius 1 is 1.57 bits per heavy atom. The summed E-state index contributed by atoms with van der Waals surface area (Å²) in [6, 6.07) is 0.336. The molecule has 2 atom stereocenters. The van der Waals surface area contributed by atoms with E-state index in [1.807, 2.05) is 20.8 Å². The van der Waals surface area contributed by atoms with Crippen LogP contribution in [0.2, 0.25) is 0 Å². The smallest absolute Gasteiger partial charge is 0.407 e. The van der Waals surface area contributed by atoms with Gasteiger partial charge in [-0.2, -0.15) is 0 Å². The standard InChI is InChI=1S/C10H18BrNO2/c1-10(2,3)14-9(13)12-8-6-7(8)4-5-11/h7-8H,4-6H2,1-3H3,(H,12,13). The highest BCUT2D eigenvalue weighted by Crippen LogP contribution is 2.34. The summed E-state index contributed by atoms with van der Waals surface area (Å²) < 4.78 is 5.15. The zero-order chi connectivity index (χ0) is 10.8. The number of carbonyl (C=O) groups excluding carboxylic acids is 1. The first-order valence-electron chi connectivity index (χ1n) is 4.98. The van der Waals surface area contributed by atoms with Gasteiger partial charge in [-0.3, -0.25) is 0 Å². The monoisotopic (exact) mass is 263 g/mol. The first-order chi connectivity index (χ1) is 6.42. The molecule has 4 heteroatoms. The van der Waals surface area contributed by atoms with Gasteiger partial charge in [0.25, 0.3) is 0 Å². The number of ether oxygens (including phenoxy) is 1. The molecule has 3 nitrogen and oxygen atoms in total. The molecule has 0 bridgehead atoms. The van der Waals surface area contributed by atoms with Crippen LogP contribution in [0.3, 0.4) is 0 Å². The van der Waals surface area contributed by atoms with Gasteiger partial charge in [0.1, 0.15) is 5.60 Å². The Morgan fingerprint density at radius 3 is 2.71 bits per heavy atom. The zero-order valence-electron chi connectivity index (χ0n) is 8.97. The SMILES string of the molecule is CC(C)(C)OC(=O)NC1CC1CCBr. The van der Waals surface area contributed by atoms with Crippen molar-refractivity contribution >= 4 is 22.0 Å². The molecular formula is C10H18BrNO2. The van der Waals surface area contributed by atoms with Gasteiger partial charge >= 0.3 is 6.09 Å². The molecule has 1 amide bonds. The van der Waals surface area contributed by atoms with Crippen molar-refractivity contribution in [3.63, 3.8) is 0 Å². The molecule has 1 saturated carbocycles. The summed E-state index contributed by atoms with van der Waals surface area (Å²) in [6.07, 6.45) is 1.92. The molecule has 0 saturated heterocycles. The van der Waals surface area contributed by atoms with Gasteiger partial charge in [-0.1, -0.05) is 15.9 Å². The van der Waals surface area contributed by atoms with Crippen LogP contribution in [0.4, 0.5) is 4.79 Å². The number of hydrogen-bond donors (Lipinski definition) is 1. The molecule has 0 spiro atoms. The van der Waals surface area contributed by atoms with E-state index in [2.05, 4.69) is 21.2 Å². The maximum Gasteiger partial charge on any atom is 0.407 e. The van der Waals surface area contributed by atoms with Gasteiger partial charge in [-0.25, -0.2) is 4.79 Å². The van der Waals surface area contributed by atoms with E-state index in [1.54, 1.807) is 0 Å². The minimum atomic E-state index is -0.399. The molecule has 1 aliphatic rings. The van der Waals surface area contributed by atoms with Gasteiger partial charge in [0, 0.05) is 11.4 Å². The molecule has 1 aliphatic carbocycles. The van der Waals surface area contributed by atoms with Gasteiger partial charge < -0.3 is 10.1 Å². The molecule has 1 fully saturated rings. The number of rotatable bonds is 3. The van der Waals surface area contributed by atoms with Crippen LogP contribution in [0.5, 0.6) is 0 Å². The number of alkyl carbamates (subject to hydrolysis) is 1. The number of alkyl halides is 1. The lowest BCUT2D eigenvalue weighted by Crippen LogP contribution is -2.34. The molecule has 0 aliphatic heterocycles. The Bertz CT molecular complexity index is 213. The van der Waals surface area contributed by atoms with Crippen molar-refractivity contribution < 1.29 is 9.53 Å². The Labute approximate surface area is 93.7 Å². The normalized spacial score (nSPS) is 25.7. The maximum absolute atomic E-state index is 11.3. The summed E-state index contributed by atoms with van der Waals surface area (Å²) in [5.41, 5.74) is -0.399. The minimum Gasteiger partial charge on any atom is -0.444 e. The maximum atomic E-state index is 11.3. The third-order valence-electron chi connectivity index (χ3n) is 2.10. The van der Waals surface area contributed by atoms with Crippen LogP contribution in [-0.2, 0) is 4.74 Å². The molecule has 0 aromatic rings. The molecule has 0 aromatic heterocycles. The van der Waals surface area contributed by atoms with Crippen molar-refractivity contribution in [2.24, 2.45) is 5.92 Å². The number of halogens is 1. The van der Waals surface area contributed by atoms with E-state index in [0.717, 1.165) is 18.2 Å². The van der Waals surface area contributed by atoms with Crippen LogP contribution in [0.15, 0.2) is 0 Å². The van der Waals surface area contributed by atoms with Crippen molar-refractivity contribution in [1.82, 2.24) is 5.32 Å². The van der Waals surface area contributed by atoms with Gasteiger partial charge in [0.05, 0.1) is 0 Å². The molecule has 0 aromatic carbocycles. The second kappa shape index (κ2) is 4.51. The molecule has 1 rings (SSSR count). The third-order valence-corrected chi connectivity index (χ3v) is 2.56. The number of amides is 1. The summed E-state index contributed by atoms with van der Waals surface area (Å²) in [7, 11) is 0. The van der Waals surface area contributed by atoms with Crippen molar-refractivity contribution in [2.75, 3.05) is 5.33 Å². The lowest BCUT2D eigenvalue weighted by molar-refractivity contribution is 0.0521. The molecule has 0 radical (unpaired) electrons. The Hall–Kier alpha value is -0.250. The molecule has 0 heterocycles. The fourth-order valence-corrected chi connectivity index (χ4v) is 1.93. The highest BCUT2D eigenvalue weighted by Gasteiger charge is 2.38. The van der Waals surface area contributed by atoms with E-state index < -0.39 is 5.60 Å². The van der Waals surface area contributed by atoms with Crippen LogP contribution in [0.1, 0.15) is 33.6 Å². The van der Waals surface area contributed by atoms with E-state index in [9.17, 15) is 4.79 Å². The number of hydrogen-bond acceptors (Lipinski definition) is 2. The fourth-order valence-electron chi connectivity index (χ4n) is 1.34. The topological polar surface area (TPSA) is 38.3 Å². The van der Waals surface area contributed by atoms with E-state index in [-0.39, 0.29) is 6.09 Å². The van der Waals surface area contributed by atoms with Gasteiger partial charge in [0.15, 0.2) is 0 Å². The molecule has 2 unspecified atom stereocenters. The molecule has 14 heavy (non-hydrogen) atoms. The Balaban J connectivity index is 2.17. The quantitative estimate of drug-likeness (QED) is 0.796. The van der Waals surface area contributed by atoms with E-state index in [4.69, 9.17) is 4.74 Å². The lowest BCUT2D eigenvalue weighted by Gasteiger charge is -2.19. The summed E-state index contributed by atoms with van der Waals surface area (Å²) >= 11 is 3.39. The second-order valence-corrected chi connectivity index (χ2v) is 5.52. The number of carbonyl (C=O) groups is 1. The second-order valence-electron chi connectivity index (χ2n) is 4.73. The largest absolute Gasteiger partial charge is 0.444 e. The van der Waals surface area contributed by atoms with Crippen LogP contribution < -0.4 is 5.32 Å². The lowest BCUT2D eigenvalue weighted by atomic mass is 10.2.